The number of methoxy groups -OCH3 is 1. The number of nitrogens with two attached hydrogens (primary N) is 1. The number of hydrogen-bond donors (Lipinski definition) is 1. The molecule has 2 aromatic rings. The third-order valence-corrected chi connectivity index (χ3v) is 2.72. The van der Waals surface area contributed by atoms with Gasteiger partial charge in [0.15, 0.2) is 5.82 Å². The van der Waals surface area contributed by atoms with Crippen LogP contribution in [0, 0.1) is 25.2 Å². The fourth-order valence-electron chi connectivity index (χ4n) is 2.04. The number of anilines is 1. The van der Waals surface area contributed by atoms with Gasteiger partial charge in [-0.1, -0.05) is 6.07 Å². The highest BCUT2D eigenvalue weighted by Gasteiger charge is 2.13. The van der Waals surface area contributed by atoms with Gasteiger partial charge in [0.2, 0.25) is 0 Å². The molecule has 0 fully saturated rings. The van der Waals surface area contributed by atoms with Gasteiger partial charge in [-0.25, -0.2) is 9.97 Å². The zero-order valence-electron chi connectivity index (χ0n) is 11.1. The molecular weight excluding hydrogens is 240 g/mol. The first-order chi connectivity index (χ1) is 9.05. The molecule has 0 aliphatic carbocycles. The monoisotopic (exact) mass is 254 g/mol. The van der Waals surface area contributed by atoms with Gasteiger partial charge in [0, 0.05) is 6.07 Å². The van der Waals surface area contributed by atoms with Crippen LogP contribution in [0.3, 0.4) is 0 Å². The fraction of sp³-hybridized carbons (Fsp3) is 0.214. The Morgan fingerprint density at radius 3 is 2.58 bits per heavy atom. The molecule has 0 amide bonds. The molecule has 0 atom stereocenters. The van der Waals surface area contributed by atoms with Gasteiger partial charge in [0.1, 0.15) is 23.3 Å². The molecule has 2 N–H and O–H groups in total. The molecule has 96 valence electrons. The molecule has 0 spiro atoms. The number of rotatable bonds is 2. The van der Waals surface area contributed by atoms with E-state index in [4.69, 9.17) is 15.7 Å². The zero-order chi connectivity index (χ0) is 14.0. The predicted molar refractivity (Wildman–Crippen MR) is 72.6 cm³/mol. The predicted octanol–water partition coefficient (Wildman–Crippen LogP) is 2.22. The number of nitrogen functional groups attached to an aromatic ring is 1. The van der Waals surface area contributed by atoms with Crippen molar-refractivity contribution in [2.45, 2.75) is 13.8 Å². The Kier molecular flexibility index (Phi) is 3.34. The third-order valence-electron chi connectivity index (χ3n) is 2.72. The largest absolute Gasteiger partial charge is 0.496 e. The fourth-order valence-corrected chi connectivity index (χ4v) is 2.04. The average molecular weight is 254 g/mol. The number of ether oxygens (including phenoxy) is 1. The van der Waals surface area contributed by atoms with Crippen molar-refractivity contribution in [1.29, 1.82) is 5.26 Å². The summed E-state index contributed by atoms with van der Waals surface area (Å²) < 4.78 is 5.40. The average Bonchev–Trinajstić information content (AvgIpc) is 2.37. The SMILES string of the molecule is COc1c(C)cc(C)cc1-c1nc(N)cc(C#N)n1. The lowest BCUT2D eigenvalue weighted by atomic mass is 10.0. The molecule has 19 heavy (non-hydrogen) atoms. The summed E-state index contributed by atoms with van der Waals surface area (Å²) in [4.78, 5) is 8.36. The third kappa shape index (κ3) is 2.47. The van der Waals surface area contributed by atoms with Crippen LogP contribution >= 0.6 is 0 Å². The van der Waals surface area contributed by atoms with Crippen molar-refractivity contribution >= 4 is 5.82 Å². The van der Waals surface area contributed by atoms with E-state index in [9.17, 15) is 0 Å². The minimum Gasteiger partial charge on any atom is -0.496 e. The summed E-state index contributed by atoms with van der Waals surface area (Å²) in [7, 11) is 1.60. The summed E-state index contributed by atoms with van der Waals surface area (Å²) in [6.07, 6.45) is 0. The lowest BCUT2D eigenvalue weighted by Gasteiger charge is -2.12. The summed E-state index contributed by atoms with van der Waals surface area (Å²) in [5, 5.41) is 8.94. The van der Waals surface area contributed by atoms with Gasteiger partial charge in [-0.3, -0.25) is 0 Å². The molecule has 0 aliphatic heterocycles. The molecule has 1 heterocycles. The maximum atomic E-state index is 8.94. The van der Waals surface area contributed by atoms with E-state index in [1.165, 1.54) is 6.07 Å². The van der Waals surface area contributed by atoms with E-state index in [0.29, 0.717) is 11.6 Å². The summed E-state index contributed by atoms with van der Waals surface area (Å²) in [6, 6.07) is 7.35. The highest BCUT2D eigenvalue weighted by Crippen LogP contribution is 2.32. The number of nitrogens with zero attached hydrogens (tertiary/aromatic N) is 3. The van der Waals surface area contributed by atoms with E-state index in [1.54, 1.807) is 7.11 Å². The molecule has 5 heteroatoms. The van der Waals surface area contributed by atoms with Crippen molar-refractivity contribution < 1.29 is 4.74 Å². The molecule has 2 rings (SSSR count). The Labute approximate surface area is 111 Å². The quantitative estimate of drug-likeness (QED) is 0.888. The van der Waals surface area contributed by atoms with Crippen LogP contribution in [0.5, 0.6) is 5.75 Å². The molecule has 5 nitrogen and oxygen atoms in total. The second-order valence-electron chi connectivity index (χ2n) is 4.28. The van der Waals surface area contributed by atoms with Crippen molar-refractivity contribution in [1.82, 2.24) is 9.97 Å². The molecular formula is C14H14N4O. The number of aromatic nitrogens is 2. The Morgan fingerprint density at radius 1 is 1.21 bits per heavy atom. The molecule has 0 bridgehead atoms. The van der Waals surface area contributed by atoms with Gasteiger partial charge < -0.3 is 10.5 Å². The van der Waals surface area contributed by atoms with Crippen LogP contribution in [0.2, 0.25) is 0 Å². The first kappa shape index (κ1) is 12.8. The van der Waals surface area contributed by atoms with Crippen LogP contribution in [-0.2, 0) is 0 Å². The Balaban J connectivity index is 2.71. The Morgan fingerprint density at radius 2 is 1.95 bits per heavy atom. The van der Waals surface area contributed by atoms with Crippen molar-refractivity contribution in [3.63, 3.8) is 0 Å². The summed E-state index contributed by atoms with van der Waals surface area (Å²) in [5.74, 6) is 1.36. The molecule has 0 unspecified atom stereocenters. The van der Waals surface area contributed by atoms with E-state index in [2.05, 4.69) is 9.97 Å². The van der Waals surface area contributed by atoms with E-state index >= 15 is 0 Å². The highest BCUT2D eigenvalue weighted by molar-refractivity contribution is 5.69. The van der Waals surface area contributed by atoms with Gasteiger partial charge in [-0.05, 0) is 31.0 Å². The van der Waals surface area contributed by atoms with E-state index in [0.717, 1.165) is 16.7 Å². The Hall–Kier alpha value is -2.61. The van der Waals surface area contributed by atoms with Gasteiger partial charge in [0.25, 0.3) is 0 Å². The van der Waals surface area contributed by atoms with Crippen LogP contribution in [0.25, 0.3) is 11.4 Å². The van der Waals surface area contributed by atoms with Gasteiger partial charge >= 0.3 is 0 Å². The molecule has 0 saturated carbocycles. The molecule has 1 aromatic heterocycles. The normalized spacial score (nSPS) is 10.0. The van der Waals surface area contributed by atoms with Crippen LogP contribution in [0.15, 0.2) is 18.2 Å². The maximum absolute atomic E-state index is 8.94. The summed E-state index contributed by atoms with van der Waals surface area (Å²) in [6.45, 7) is 3.93. The standard InChI is InChI=1S/C14H14N4O/c1-8-4-9(2)13(19-3)11(5-8)14-17-10(7-15)6-12(16)18-14/h4-6H,1-3H3,(H2,16,17,18). The van der Waals surface area contributed by atoms with Crippen molar-refractivity contribution in [3.05, 3.63) is 35.0 Å². The number of aryl methyl sites for hydroxylation is 2. The summed E-state index contributed by atoms with van der Waals surface area (Å²) in [5.41, 5.74) is 8.73. The van der Waals surface area contributed by atoms with E-state index in [-0.39, 0.29) is 11.5 Å². The van der Waals surface area contributed by atoms with Crippen LogP contribution in [0.4, 0.5) is 5.82 Å². The van der Waals surface area contributed by atoms with E-state index < -0.39 is 0 Å². The first-order valence-electron chi connectivity index (χ1n) is 5.75. The topological polar surface area (TPSA) is 84.8 Å². The molecule has 1 aromatic carbocycles. The van der Waals surface area contributed by atoms with Crippen LogP contribution in [0.1, 0.15) is 16.8 Å². The lowest BCUT2D eigenvalue weighted by molar-refractivity contribution is 0.413. The zero-order valence-corrected chi connectivity index (χ0v) is 11.1. The smallest absolute Gasteiger partial charge is 0.166 e. The molecule has 0 saturated heterocycles. The molecule has 0 aliphatic rings. The minimum atomic E-state index is 0.240. The number of hydrogen-bond acceptors (Lipinski definition) is 5. The number of nitriles is 1. The number of benzene rings is 1. The second-order valence-corrected chi connectivity index (χ2v) is 4.28. The van der Waals surface area contributed by atoms with Crippen molar-refractivity contribution in [3.8, 4) is 23.2 Å². The van der Waals surface area contributed by atoms with Crippen LogP contribution in [-0.4, -0.2) is 17.1 Å². The second kappa shape index (κ2) is 4.94. The van der Waals surface area contributed by atoms with E-state index in [1.807, 2.05) is 32.0 Å². The first-order valence-corrected chi connectivity index (χ1v) is 5.75. The Bertz CT molecular complexity index is 674. The van der Waals surface area contributed by atoms with Gasteiger partial charge in [-0.15, -0.1) is 0 Å². The maximum Gasteiger partial charge on any atom is 0.166 e. The molecule has 0 radical (unpaired) electrons. The van der Waals surface area contributed by atoms with Crippen LogP contribution < -0.4 is 10.5 Å². The van der Waals surface area contributed by atoms with Gasteiger partial charge in [-0.2, -0.15) is 5.26 Å². The van der Waals surface area contributed by atoms with Crippen molar-refractivity contribution in [2.75, 3.05) is 12.8 Å². The van der Waals surface area contributed by atoms with Gasteiger partial charge in [0.05, 0.1) is 12.7 Å². The minimum absolute atomic E-state index is 0.240. The highest BCUT2D eigenvalue weighted by atomic mass is 16.5. The summed E-state index contributed by atoms with van der Waals surface area (Å²) >= 11 is 0. The lowest BCUT2D eigenvalue weighted by Crippen LogP contribution is -2.01. The van der Waals surface area contributed by atoms with Crippen molar-refractivity contribution in [2.24, 2.45) is 0 Å².